The lowest BCUT2D eigenvalue weighted by atomic mass is 9.90. The minimum Gasteiger partial charge on any atom is -0.507 e. The Hall–Kier alpha value is -5.71. The molecule has 0 fully saturated rings. The number of alkyl halides is 3. The summed E-state index contributed by atoms with van der Waals surface area (Å²) in [5.41, 5.74) is -5.06. The van der Waals surface area contributed by atoms with E-state index in [0.29, 0.717) is 6.07 Å². The van der Waals surface area contributed by atoms with Gasteiger partial charge in [0.05, 0.1) is 34.0 Å². The summed E-state index contributed by atoms with van der Waals surface area (Å²) in [6, 6.07) is 9.57. The number of hydrogen-bond donors (Lipinski definition) is 5. The average Bonchev–Trinajstić information content (AvgIpc) is 2.91. The molecular weight excluding hydrogens is 559 g/mol. The molecule has 3 aromatic carbocycles. The van der Waals surface area contributed by atoms with Crippen molar-refractivity contribution < 1.29 is 42.6 Å². The second-order valence-corrected chi connectivity index (χ2v) is 9.06. The molecule has 0 aliphatic heterocycles. The molecule has 0 radical (unpaired) electrons. The Kier molecular flexibility index (Phi) is 8.66. The van der Waals surface area contributed by atoms with E-state index in [9.17, 15) is 42.6 Å². The van der Waals surface area contributed by atoms with E-state index < -0.39 is 63.6 Å². The van der Waals surface area contributed by atoms with Crippen molar-refractivity contribution in [3.63, 3.8) is 0 Å². The van der Waals surface area contributed by atoms with Crippen LogP contribution in [0, 0.1) is 16.7 Å². The molecule has 42 heavy (non-hydrogen) atoms. The molecule has 5 N–H and O–H groups in total. The van der Waals surface area contributed by atoms with Crippen LogP contribution in [0.25, 0.3) is 11.1 Å². The zero-order chi connectivity index (χ0) is 31.5. The average molecular weight is 582 g/mol. The molecule has 0 spiro atoms. The van der Waals surface area contributed by atoms with Gasteiger partial charge in [-0.05, 0) is 53.6 Å². The quantitative estimate of drug-likeness (QED) is 0.257. The maximum Gasteiger partial charge on any atom is 0.417 e. The maximum absolute atomic E-state index is 14.2. The maximum atomic E-state index is 14.2. The minimum absolute atomic E-state index is 0.0195. The van der Waals surface area contributed by atoms with Gasteiger partial charge in [-0.15, -0.1) is 0 Å². The van der Waals surface area contributed by atoms with Crippen molar-refractivity contribution >= 4 is 40.8 Å². The summed E-state index contributed by atoms with van der Waals surface area (Å²) >= 11 is 0. The van der Waals surface area contributed by atoms with Crippen molar-refractivity contribution in [3.8, 4) is 22.9 Å². The van der Waals surface area contributed by atoms with Gasteiger partial charge in [0.15, 0.2) is 0 Å². The van der Waals surface area contributed by atoms with E-state index in [-0.39, 0.29) is 28.1 Å². The number of nitriles is 1. The highest BCUT2D eigenvalue weighted by Gasteiger charge is 2.36. The number of amides is 3. The van der Waals surface area contributed by atoms with Crippen LogP contribution in [0.1, 0.15) is 44.3 Å². The Balaban J connectivity index is 2.20. The smallest absolute Gasteiger partial charge is 0.417 e. The fourth-order valence-electron chi connectivity index (χ4n) is 3.93. The SMILES string of the molecule is CC(=O)Nc1ccc(-c2cc(C(=N)C(=O)Nc3ccc(C#N)cc3C(=O)O)c(O)cc2C(=O)N(C)C)c(C(F)(F)F)c1. The van der Waals surface area contributed by atoms with Crippen LogP contribution in [0.3, 0.4) is 0 Å². The van der Waals surface area contributed by atoms with Gasteiger partial charge in [-0.1, -0.05) is 6.07 Å². The zero-order valence-corrected chi connectivity index (χ0v) is 22.2. The van der Waals surface area contributed by atoms with Gasteiger partial charge >= 0.3 is 12.1 Å². The van der Waals surface area contributed by atoms with Crippen LogP contribution < -0.4 is 10.6 Å². The lowest BCUT2D eigenvalue weighted by Gasteiger charge is -2.20. The second-order valence-electron chi connectivity index (χ2n) is 9.06. The molecule has 0 aliphatic rings. The Bertz CT molecular complexity index is 1690. The van der Waals surface area contributed by atoms with Gasteiger partial charge in [0.2, 0.25) is 5.91 Å². The van der Waals surface area contributed by atoms with Gasteiger partial charge in [0.25, 0.3) is 11.8 Å². The first-order valence-corrected chi connectivity index (χ1v) is 11.8. The number of nitrogens with zero attached hydrogens (tertiary/aromatic N) is 2. The highest BCUT2D eigenvalue weighted by molar-refractivity contribution is 6.48. The van der Waals surface area contributed by atoms with Gasteiger partial charge in [-0.3, -0.25) is 19.8 Å². The molecule has 0 saturated carbocycles. The van der Waals surface area contributed by atoms with Gasteiger partial charge in [0.1, 0.15) is 11.5 Å². The number of phenolic OH excluding ortho intramolecular Hbond substituents is 1. The van der Waals surface area contributed by atoms with Gasteiger partial charge in [-0.25, -0.2) is 4.79 Å². The standard InChI is InChI=1S/C28H22F3N5O6/c1-13(37)34-15-5-6-16(21(9-15)28(29,30)31)17-10-20(23(38)11-18(17)26(40)36(2)3)24(33)25(39)35-22-7-4-14(12-32)8-19(22)27(41)42/h4-11,33,38H,1-3H3,(H,34,37)(H,35,39)(H,41,42). The lowest BCUT2D eigenvalue weighted by Crippen LogP contribution is -2.26. The summed E-state index contributed by atoms with van der Waals surface area (Å²) in [7, 11) is 2.66. The van der Waals surface area contributed by atoms with Crippen LogP contribution in [0.15, 0.2) is 48.5 Å². The molecule has 3 rings (SSSR count). The van der Waals surface area contributed by atoms with Crippen LogP contribution in [-0.2, 0) is 15.8 Å². The summed E-state index contributed by atoms with van der Waals surface area (Å²) in [6.45, 7) is 1.11. The van der Waals surface area contributed by atoms with Gasteiger partial charge in [-0.2, -0.15) is 18.4 Å². The van der Waals surface area contributed by atoms with Gasteiger partial charge in [0, 0.05) is 32.3 Å². The number of carboxylic acid groups (broad SMARTS) is 1. The minimum atomic E-state index is -4.98. The van der Waals surface area contributed by atoms with E-state index >= 15 is 0 Å². The molecule has 0 aliphatic carbocycles. The number of aromatic hydroxyl groups is 1. The van der Waals surface area contributed by atoms with Gasteiger partial charge < -0.3 is 25.7 Å². The number of carbonyl (C=O) groups is 4. The molecule has 0 heterocycles. The number of nitrogens with one attached hydrogen (secondary N) is 3. The molecule has 3 amide bonds. The van der Waals surface area contributed by atoms with E-state index in [1.807, 2.05) is 0 Å². The van der Waals surface area contributed by atoms with E-state index in [2.05, 4.69) is 10.6 Å². The van der Waals surface area contributed by atoms with Crippen LogP contribution in [0.2, 0.25) is 0 Å². The molecular formula is C28H22F3N5O6. The number of phenols is 1. The van der Waals surface area contributed by atoms with E-state index in [0.717, 1.165) is 42.2 Å². The Morgan fingerprint density at radius 3 is 2.14 bits per heavy atom. The third kappa shape index (κ3) is 6.53. The van der Waals surface area contributed by atoms with Crippen molar-refractivity contribution in [2.45, 2.75) is 13.1 Å². The van der Waals surface area contributed by atoms with Crippen molar-refractivity contribution in [3.05, 3.63) is 76.3 Å². The number of hydrogen-bond acceptors (Lipinski definition) is 7. The van der Waals surface area contributed by atoms with Crippen molar-refractivity contribution in [2.75, 3.05) is 24.7 Å². The number of rotatable bonds is 7. The fraction of sp³-hybridized carbons (Fsp3) is 0.143. The molecule has 14 heteroatoms. The number of carboxylic acids is 1. The first-order chi connectivity index (χ1) is 19.5. The van der Waals surface area contributed by atoms with Crippen LogP contribution in [-0.4, -0.2) is 58.6 Å². The molecule has 3 aromatic rings. The highest BCUT2D eigenvalue weighted by atomic mass is 19.4. The molecule has 0 aromatic heterocycles. The first kappa shape index (κ1) is 30.8. The first-order valence-electron chi connectivity index (χ1n) is 11.8. The molecule has 0 atom stereocenters. The topological polar surface area (TPSA) is 184 Å². The Morgan fingerprint density at radius 1 is 0.929 bits per heavy atom. The number of carbonyl (C=O) groups excluding carboxylic acids is 3. The molecule has 11 nitrogen and oxygen atoms in total. The molecule has 0 unspecified atom stereocenters. The van der Waals surface area contributed by atoms with E-state index in [4.69, 9.17) is 10.7 Å². The zero-order valence-electron chi connectivity index (χ0n) is 22.2. The monoisotopic (exact) mass is 581 g/mol. The number of benzene rings is 3. The van der Waals surface area contributed by atoms with Crippen LogP contribution in [0.5, 0.6) is 5.75 Å². The number of aromatic carboxylic acids is 1. The van der Waals surface area contributed by atoms with Crippen molar-refractivity contribution in [1.82, 2.24) is 4.90 Å². The third-order valence-electron chi connectivity index (χ3n) is 5.83. The highest BCUT2D eigenvalue weighted by Crippen LogP contribution is 2.41. The van der Waals surface area contributed by atoms with E-state index in [1.165, 1.54) is 26.2 Å². The Labute approximate surface area is 236 Å². The third-order valence-corrected chi connectivity index (χ3v) is 5.83. The molecule has 216 valence electrons. The predicted molar refractivity (Wildman–Crippen MR) is 144 cm³/mol. The largest absolute Gasteiger partial charge is 0.507 e. The summed E-state index contributed by atoms with van der Waals surface area (Å²) in [4.78, 5) is 50.0. The number of halogens is 3. The number of anilines is 2. The summed E-state index contributed by atoms with van der Waals surface area (Å²) in [5.74, 6) is -4.95. The van der Waals surface area contributed by atoms with Crippen molar-refractivity contribution in [1.29, 1.82) is 10.7 Å². The Morgan fingerprint density at radius 2 is 1.60 bits per heavy atom. The second kappa shape index (κ2) is 11.8. The van der Waals surface area contributed by atoms with Crippen LogP contribution >= 0.6 is 0 Å². The fourth-order valence-corrected chi connectivity index (χ4v) is 3.93. The summed E-state index contributed by atoms with van der Waals surface area (Å²) < 4.78 is 42.5. The van der Waals surface area contributed by atoms with Crippen molar-refractivity contribution in [2.24, 2.45) is 0 Å². The normalized spacial score (nSPS) is 10.8. The predicted octanol–water partition coefficient (Wildman–Crippen LogP) is 4.31. The van der Waals surface area contributed by atoms with Crippen LogP contribution in [0.4, 0.5) is 24.5 Å². The molecule has 0 saturated heterocycles. The van der Waals surface area contributed by atoms with E-state index in [1.54, 1.807) is 6.07 Å². The molecule has 0 bridgehead atoms. The summed E-state index contributed by atoms with van der Waals surface area (Å²) in [6.07, 6.45) is -4.98. The lowest BCUT2D eigenvalue weighted by molar-refractivity contribution is -0.137. The summed E-state index contributed by atoms with van der Waals surface area (Å²) in [5, 5.41) is 41.9.